The van der Waals surface area contributed by atoms with Gasteiger partial charge in [0.15, 0.2) is 11.0 Å². The maximum atomic E-state index is 4.58. The first-order chi connectivity index (χ1) is 6.34. The number of anilines is 1. The van der Waals surface area contributed by atoms with Crippen LogP contribution in [0, 0.1) is 0 Å². The summed E-state index contributed by atoms with van der Waals surface area (Å²) in [6, 6.07) is 0. The molecule has 0 aromatic carbocycles. The Labute approximate surface area is 86.3 Å². The second-order valence-electron chi connectivity index (χ2n) is 2.18. The molecular weight excluding hydrogens is 256 g/mol. The SMILES string of the molecule is Brc1csc(NCc2ncon2)n1. The monoisotopic (exact) mass is 260 g/mol. The Morgan fingerprint density at radius 3 is 3.15 bits per heavy atom. The number of rotatable bonds is 3. The number of halogens is 1. The van der Waals surface area contributed by atoms with E-state index in [9.17, 15) is 0 Å². The highest BCUT2D eigenvalue weighted by Gasteiger charge is 2.01. The van der Waals surface area contributed by atoms with Crippen molar-refractivity contribution in [1.29, 1.82) is 0 Å². The topological polar surface area (TPSA) is 63.8 Å². The van der Waals surface area contributed by atoms with Gasteiger partial charge in [-0.1, -0.05) is 5.16 Å². The fourth-order valence-electron chi connectivity index (χ4n) is 0.760. The third-order valence-electron chi connectivity index (χ3n) is 1.28. The lowest BCUT2D eigenvalue weighted by Crippen LogP contribution is -2.00. The summed E-state index contributed by atoms with van der Waals surface area (Å²) in [5.74, 6) is 0.617. The summed E-state index contributed by atoms with van der Waals surface area (Å²) in [4.78, 5) is 8.01. The van der Waals surface area contributed by atoms with Crippen molar-refractivity contribution in [2.24, 2.45) is 0 Å². The smallest absolute Gasteiger partial charge is 0.213 e. The number of hydrogen-bond acceptors (Lipinski definition) is 6. The molecule has 0 unspecified atom stereocenters. The maximum absolute atomic E-state index is 4.58. The zero-order chi connectivity index (χ0) is 9.10. The van der Waals surface area contributed by atoms with Crippen molar-refractivity contribution in [1.82, 2.24) is 15.1 Å². The van der Waals surface area contributed by atoms with Crippen LogP contribution in [0.2, 0.25) is 0 Å². The van der Waals surface area contributed by atoms with Crippen molar-refractivity contribution in [3.05, 3.63) is 22.2 Å². The van der Waals surface area contributed by atoms with Crippen molar-refractivity contribution in [3.8, 4) is 0 Å². The van der Waals surface area contributed by atoms with E-state index < -0.39 is 0 Å². The van der Waals surface area contributed by atoms with E-state index in [2.05, 4.69) is 40.9 Å². The lowest BCUT2D eigenvalue weighted by molar-refractivity contribution is 0.411. The first kappa shape index (κ1) is 8.64. The fraction of sp³-hybridized carbons (Fsp3) is 0.167. The van der Waals surface area contributed by atoms with Crippen LogP contribution < -0.4 is 5.32 Å². The molecule has 68 valence electrons. The molecule has 0 aliphatic heterocycles. The molecule has 0 fully saturated rings. The van der Waals surface area contributed by atoms with E-state index in [0.29, 0.717) is 12.4 Å². The molecule has 0 saturated heterocycles. The maximum Gasteiger partial charge on any atom is 0.213 e. The highest BCUT2D eigenvalue weighted by atomic mass is 79.9. The molecule has 0 bridgehead atoms. The van der Waals surface area contributed by atoms with Gasteiger partial charge in [0.2, 0.25) is 6.39 Å². The van der Waals surface area contributed by atoms with E-state index in [0.717, 1.165) is 9.73 Å². The predicted octanol–water partition coefficient (Wildman–Crippen LogP) is 1.90. The first-order valence-electron chi connectivity index (χ1n) is 3.45. The number of hydrogen-bond donors (Lipinski definition) is 1. The average Bonchev–Trinajstić information content (AvgIpc) is 2.71. The summed E-state index contributed by atoms with van der Waals surface area (Å²) in [7, 11) is 0. The summed E-state index contributed by atoms with van der Waals surface area (Å²) < 4.78 is 5.41. The quantitative estimate of drug-likeness (QED) is 0.914. The number of nitrogens with one attached hydrogen (secondary N) is 1. The molecule has 0 aliphatic rings. The summed E-state index contributed by atoms with van der Waals surface area (Å²) in [5.41, 5.74) is 0. The molecule has 0 aliphatic carbocycles. The van der Waals surface area contributed by atoms with Crippen LogP contribution in [0.5, 0.6) is 0 Å². The second kappa shape index (κ2) is 3.84. The molecule has 7 heteroatoms. The van der Waals surface area contributed by atoms with Gasteiger partial charge in [-0.25, -0.2) is 4.98 Å². The van der Waals surface area contributed by atoms with Gasteiger partial charge in [0.05, 0.1) is 6.54 Å². The van der Waals surface area contributed by atoms with Crippen LogP contribution in [-0.2, 0) is 6.54 Å². The Morgan fingerprint density at radius 1 is 1.62 bits per heavy atom. The molecule has 13 heavy (non-hydrogen) atoms. The van der Waals surface area contributed by atoms with Crippen LogP contribution in [-0.4, -0.2) is 15.1 Å². The minimum absolute atomic E-state index is 0.524. The number of thiazole rings is 1. The van der Waals surface area contributed by atoms with Crippen molar-refractivity contribution >= 4 is 32.4 Å². The van der Waals surface area contributed by atoms with E-state index >= 15 is 0 Å². The molecule has 0 amide bonds. The summed E-state index contributed by atoms with van der Waals surface area (Å²) in [6.07, 6.45) is 1.30. The van der Waals surface area contributed by atoms with E-state index in [-0.39, 0.29) is 0 Å². The molecule has 2 rings (SSSR count). The van der Waals surface area contributed by atoms with E-state index in [1.165, 1.54) is 17.7 Å². The van der Waals surface area contributed by atoms with Gasteiger partial charge in [0.1, 0.15) is 4.60 Å². The Bertz CT molecular complexity index is 374. The Balaban J connectivity index is 1.93. The highest BCUT2D eigenvalue weighted by molar-refractivity contribution is 9.10. The van der Waals surface area contributed by atoms with Crippen LogP contribution >= 0.6 is 27.3 Å². The normalized spacial score (nSPS) is 10.2. The van der Waals surface area contributed by atoms with Crippen LogP contribution in [0.4, 0.5) is 5.13 Å². The first-order valence-corrected chi connectivity index (χ1v) is 5.12. The van der Waals surface area contributed by atoms with Crippen molar-refractivity contribution in [3.63, 3.8) is 0 Å². The van der Waals surface area contributed by atoms with Gasteiger partial charge in [-0.05, 0) is 15.9 Å². The van der Waals surface area contributed by atoms with Gasteiger partial charge >= 0.3 is 0 Å². The molecular formula is C6H5BrN4OS. The third-order valence-corrected chi connectivity index (χ3v) is 2.79. The van der Waals surface area contributed by atoms with Crippen molar-refractivity contribution in [2.75, 3.05) is 5.32 Å². The number of aromatic nitrogens is 3. The Hall–Kier alpha value is -0.950. The van der Waals surface area contributed by atoms with Gasteiger partial charge in [-0.3, -0.25) is 0 Å². The molecule has 0 radical (unpaired) electrons. The second-order valence-corrected chi connectivity index (χ2v) is 3.85. The minimum atomic E-state index is 0.524. The van der Waals surface area contributed by atoms with Gasteiger partial charge in [0, 0.05) is 5.38 Å². The van der Waals surface area contributed by atoms with Gasteiger partial charge in [-0.2, -0.15) is 4.98 Å². The van der Waals surface area contributed by atoms with E-state index in [4.69, 9.17) is 0 Å². The van der Waals surface area contributed by atoms with Crippen LogP contribution in [0.1, 0.15) is 5.82 Å². The Kier molecular flexibility index (Phi) is 2.55. The summed E-state index contributed by atoms with van der Waals surface area (Å²) in [5, 5.41) is 9.45. The van der Waals surface area contributed by atoms with Gasteiger partial charge in [0.25, 0.3) is 0 Å². The molecule has 0 saturated carbocycles. The Morgan fingerprint density at radius 2 is 2.54 bits per heavy atom. The standard InChI is InChI=1S/C6H5BrN4OS/c7-4-2-13-6(10-4)8-1-5-9-3-12-11-5/h2-3H,1H2,(H,8,10). The summed E-state index contributed by atoms with van der Waals surface area (Å²) in [6.45, 7) is 0.524. The van der Waals surface area contributed by atoms with Crippen LogP contribution in [0.3, 0.4) is 0 Å². The number of nitrogens with zero attached hydrogens (tertiary/aromatic N) is 3. The molecule has 5 nitrogen and oxygen atoms in total. The lowest BCUT2D eigenvalue weighted by atomic mass is 10.6. The van der Waals surface area contributed by atoms with Crippen molar-refractivity contribution in [2.45, 2.75) is 6.54 Å². The van der Waals surface area contributed by atoms with E-state index in [1.807, 2.05) is 5.38 Å². The van der Waals surface area contributed by atoms with Crippen LogP contribution in [0.25, 0.3) is 0 Å². The molecule has 2 heterocycles. The largest absolute Gasteiger partial charge is 0.354 e. The van der Waals surface area contributed by atoms with E-state index in [1.54, 1.807) is 0 Å². The minimum Gasteiger partial charge on any atom is -0.354 e. The van der Waals surface area contributed by atoms with Gasteiger partial charge < -0.3 is 9.84 Å². The summed E-state index contributed by atoms with van der Waals surface area (Å²) >= 11 is 4.78. The zero-order valence-electron chi connectivity index (χ0n) is 6.40. The highest BCUT2D eigenvalue weighted by Crippen LogP contribution is 2.19. The third kappa shape index (κ3) is 2.25. The molecule has 0 atom stereocenters. The molecule has 1 N–H and O–H groups in total. The predicted molar refractivity (Wildman–Crippen MR) is 51.4 cm³/mol. The van der Waals surface area contributed by atoms with Crippen molar-refractivity contribution < 1.29 is 4.52 Å². The average molecular weight is 261 g/mol. The molecule has 2 aromatic rings. The van der Waals surface area contributed by atoms with Crippen LogP contribution in [0.15, 0.2) is 20.9 Å². The molecule has 0 spiro atoms. The van der Waals surface area contributed by atoms with Gasteiger partial charge in [-0.15, -0.1) is 11.3 Å². The lowest BCUT2D eigenvalue weighted by Gasteiger charge is -1.95. The molecule has 2 aromatic heterocycles. The zero-order valence-corrected chi connectivity index (χ0v) is 8.80. The fourth-order valence-corrected chi connectivity index (χ4v) is 1.90.